The second-order valence-electron chi connectivity index (χ2n) is 20.0. The Morgan fingerprint density at radius 1 is 0.957 bits per heavy atom. The molecule has 0 unspecified atom stereocenters. The van der Waals surface area contributed by atoms with E-state index in [1.165, 1.54) is 17.3 Å². The van der Waals surface area contributed by atoms with Crippen molar-refractivity contribution < 1.29 is 29.0 Å². The summed E-state index contributed by atoms with van der Waals surface area (Å²) in [7, 11) is 0. The fraction of sp³-hybridized carbons (Fsp3) is 0.415. The minimum atomic E-state index is -0.977. The molecule has 1 saturated carbocycles. The standard InChI is InChI=1S/C53H60Cl2N8O6S/c1-29-20-35(46-39-22-37(15-17-42(39)61-62-46)69-32(4)45-40(54)24-56-25-41(45)55)14-16-38(29)49(66)57-27-53(18-8-9-19-53)23-44(65)60-48(52(5,6)7)51(68)63-26-36(64)21-43(63)50(67)59-30(2)33-10-12-34(13-11-33)47-31(3)58-28-70-47/h10-17,20,22,24-25,28,30,32,36,43,48,64H,8-9,18-19,21,23,26-27H2,1-7H3,(H,57,66)(H,59,67)(H,60,65)(H,61,62)/t30-,32+,36+,43-,48+/m0/s1. The van der Waals surface area contributed by atoms with E-state index in [0.717, 1.165) is 69.4 Å². The monoisotopic (exact) mass is 1010 g/mol. The number of benzene rings is 3. The van der Waals surface area contributed by atoms with Crippen molar-refractivity contribution in [2.45, 2.75) is 117 Å². The Bertz CT molecular complexity index is 2890. The Kier molecular flexibility index (Phi) is 15.0. The number of carbonyl (C=O) groups excluding carboxylic acids is 4. The van der Waals surface area contributed by atoms with E-state index in [1.807, 2.05) is 109 Å². The van der Waals surface area contributed by atoms with Crippen LogP contribution in [0.3, 0.4) is 0 Å². The number of pyridine rings is 1. The van der Waals surface area contributed by atoms with Gasteiger partial charge in [-0.1, -0.05) is 87.1 Å². The second kappa shape index (κ2) is 20.8. The number of likely N-dealkylation sites (tertiary alicyclic amines) is 1. The van der Waals surface area contributed by atoms with Crippen LogP contribution in [0.1, 0.15) is 118 Å². The first-order chi connectivity index (χ1) is 33.3. The highest BCUT2D eigenvalue weighted by atomic mass is 35.5. The van der Waals surface area contributed by atoms with Gasteiger partial charge >= 0.3 is 0 Å². The van der Waals surface area contributed by atoms with Crippen LogP contribution in [0.4, 0.5) is 0 Å². The number of amides is 4. The van der Waals surface area contributed by atoms with Crippen LogP contribution in [-0.4, -0.2) is 85.1 Å². The average Bonchev–Trinajstić information content (AvgIpc) is 4.14. The number of nitrogens with zero attached hydrogens (tertiary/aromatic N) is 4. The Morgan fingerprint density at radius 3 is 2.31 bits per heavy atom. The normalized spacial score (nSPS) is 18.1. The zero-order valence-corrected chi connectivity index (χ0v) is 42.8. The fourth-order valence-electron chi connectivity index (χ4n) is 9.90. The number of halogens is 2. The van der Waals surface area contributed by atoms with Gasteiger partial charge in [0.1, 0.15) is 29.6 Å². The zero-order chi connectivity index (χ0) is 50.1. The molecule has 3 aromatic carbocycles. The number of aromatic amines is 1. The minimum Gasteiger partial charge on any atom is -0.486 e. The minimum absolute atomic E-state index is 0.0275. The van der Waals surface area contributed by atoms with Crippen LogP contribution in [0.2, 0.25) is 10.0 Å². The number of fused-ring (bicyclic) bond motifs is 1. The summed E-state index contributed by atoms with van der Waals surface area (Å²) in [6, 6.07) is 16.9. The molecule has 1 aliphatic carbocycles. The van der Waals surface area contributed by atoms with Crippen molar-refractivity contribution in [2.24, 2.45) is 10.8 Å². The molecule has 0 bridgehead atoms. The molecule has 4 amide bonds. The van der Waals surface area contributed by atoms with E-state index in [-0.39, 0.29) is 49.7 Å². The SMILES string of the molecule is Cc1cc(-c2n[nH]c3ccc(O[C@H](C)c4c(Cl)cncc4Cl)cc23)ccc1C(=O)NCC1(CC(=O)N[C@H](C(=O)N2C[C@H](O)C[C@H]2C(=O)N[C@@H](C)c2ccc(-c3scnc3C)cc2)C(C)(C)C)CCCC1. The van der Waals surface area contributed by atoms with Gasteiger partial charge in [-0.3, -0.25) is 29.3 Å². The second-order valence-corrected chi connectivity index (χ2v) is 21.7. The third-order valence-electron chi connectivity index (χ3n) is 13.8. The maximum atomic E-state index is 14.5. The van der Waals surface area contributed by atoms with Gasteiger partial charge in [0.15, 0.2) is 0 Å². The van der Waals surface area contributed by atoms with Gasteiger partial charge in [0.25, 0.3) is 5.91 Å². The molecule has 3 aromatic heterocycles. The first-order valence-electron chi connectivity index (χ1n) is 23.7. The Balaban J connectivity index is 0.898. The Hall–Kier alpha value is -5.87. The lowest BCUT2D eigenvalue weighted by Crippen LogP contribution is -2.58. The molecular weight excluding hydrogens is 948 g/mol. The highest BCUT2D eigenvalue weighted by Crippen LogP contribution is 2.41. The molecule has 5 N–H and O–H groups in total. The maximum Gasteiger partial charge on any atom is 0.251 e. The van der Waals surface area contributed by atoms with Crippen LogP contribution in [0.25, 0.3) is 32.6 Å². The van der Waals surface area contributed by atoms with Gasteiger partial charge in [0.2, 0.25) is 17.7 Å². The molecular formula is C53H60Cl2N8O6S. The first kappa shape index (κ1) is 50.5. The molecule has 0 spiro atoms. The lowest BCUT2D eigenvalue weighted by atomic mass is 9.81. The molecule has 4 heterocycles. The van der Waals surface area contributed by atoms with Gasteiger partial charge in [0, 0.05) is 60.4 Å². The molecule has 1 aliphatic heterocycles. The summed E-state index contributed by atoms with van der Waals surface area (Å²) in [5.74, 6) is -0.761. The van der Waals surface area contributed by atoms with E-state index in [0.29, 0.717) is 32.6 Å². The van der Waals surface area contributed by atoms with Crippen molar-refractivity contribution in [1.82, 2.24) is 41.0 Å². The van der Waals surface area contributed by atoms with Gasteiger partial charge in [0.05, 0.1) is 43.8 Å². The van der Waals surface area contributed by atoms with Crippen LogP contribution < -0.4 is 20.7 Å². The average molecular weight is 1010 g/mol. The number of ether oxygens (including phenoxy) is 1. The van der Waals surface area contributed by atoms with Crippen LogP contribution in [-0.2, 0) is 14.4 Å². The number of aliphatic hydroxyl groups excluding tert-OH is 1. The van der Waals surface area contributed by atoms with Gasteiger partial charge in [-0.2, -0.15) is 5.10 Å². The van der Waals surface area contributed by atoms with E-state index < -0.39 is 41.0 Å². The largest absolute Gasteiger partial charge is 0.486 e. The summed E-state index contributed by atoms with van der Waals surface area (Å²) in [5, 5.41) is 29.4. The predicted octanol–water partition coefficient (Wildman–Crippen LogP) is 9.86. The summed E-state index contributed by atoms with van der Waals surface area (Å²) < 4.78 is 6.26. The Morgan fingerprint density at radius 2 is 1.66 bits per heavy atom. The number of aromatic nitrogens is 4. The first-order valence-corrected chi connectivity index (χ1v) is 25.4. The summed E-state index contributed by atoms with van der Waals surface area (Å²) in [6.45, 7) is 13.5. The van der Waals surface area contributed by atoms with Gasteiger partial charge in [-0.25, -0.2) is 4.98 Å². The molecule has 2 aliphatic rings. The van der Waals surface area contributed by atoms with Crippen LogP contribution in [0.5, 0.6) is 5.75 Å². The number of nitrogens with one attached hydrogen (secondary N) is 4. The zero-order valence-electron chi connectivity index (χ0n) is 40.5. The number of rotatable bonds is 15. The summed E-state index contributed by atoms with van der Waals surface area (Å²) in [6.07, 6.45) is 5.19. The highest BCUT2D eigenvalue weighted by molar-refractivity contribution is 7.13. The quantitative estimate of drug-likeness (QED) is 0.0666. The van der Waals surface area contributed by atoms with Gasteiger partial charge in [-0.15, -0.1) is 11.3 Å². The van der Waals surface area contributed by atoms with E-state index in [9.17, 15) is 24.3 Å². The molecule has 5 atom stereocenters. The number of aliphatic hydroxyl groups is 1. The molecule has 14 nitrogen and oxygen atoms in total. The summed E-state index contributed by atoms with van der Waals surface area (Å²) in [4.78, 5) is 67.2. The molecule has 70 heavy (non-hydrogen) atoms. The lowest BCUT2D eigenvalue weighted by Gasteiger charge is -2.36. The fourth-order valence-corrected chi connectivity index (χ4v) is 11.4. The summed E-state index contributed by atoms with van der Waals surface area (Å²) in [5.41, 5.74) is 7.69. The number of β-amino-alcohol motifs (C(OH)–C–C–N with tert-alkyl or cyclic N) is 1. The molecule has 368 valence electrons. The van der Waals surface area contributed by atoms with Crippen molar-refractivity contribution >= 4 is 69.1 Å². The topological polar surface area (TPSA) is 192 Å². The molecule has 17 heteroatoms. The van der Waals surface area contributed by atoms with Gasteiger partial charge < -0.3 is 30.7 Å². The van der Waals surface area contributed by atoms with Crippen molar-refractivity contribution in [2.75, 3.05) is 13.1 Å². The smallest absolute Gasteiger partial charge is 0.251 e. The van der Waals surface area contributed by atoms with E-state index in [1.54, 1.807) is 17.4 Å². The van der Waals surface area contributed by atoms with Crippen molar-refractivity contribution in [3.05, 3.63) is 117 Å². The molecule has 0 radical (unpaired) electrons. The van der Waals surface area contributed by atoms with Crippen LogP contribution >= 0.6 is 34.5 Å². The lowest BCUT2D eigenvalue weighted by molar-refractivity contribution is -0.144. The number of aryl methyl sites for hydroxylation is 2. The number of carbonyl (C=O) groups is 4. The highest BCUT2D eigenvalue weighted by Gasteiger charge is 2.46. The van der Waals surface area contributed by atoms with Crippen LogP contribution in [0, 0.1) is 24.7 Å². The van der Waals surface area contributed by atoms with E-state index >= 15 is 0 Å². The van der Waals surface area contributed by atoms with E-state index in [2.05, 4.69) is 36.1 Å². The third kappa shape index (κ3) is 11.0. The Labute approximate surface area is 422 Å². The third-order valence-corrected chi connectivity index (χ3v) is 15.4. The molecule has 2 fully saturated rings. The van der Waals surface area contributed by atoms with Crippen molar-refractivity contribution in [3.63, 3.8) is 0 Å². The van der Waals surface area contributed by atoms with Crippen molar-refractivity contribution in [3.8, 4) is 27.4 Å². The predicted molar refractivity (Wildman–Crippen MR) is 274 cm³/mol. The summed E-state index contributed by atoms with van der Waals surface area (Å²) >= 11 is 14.4. The number of hydrogen-bond acceptors (Lipinski definition) is 10. The van der Waals surface area contributed by atoms with Crippen molar-refractivity contribution in [1.29, 1.82) is 0 Å². The molecule has 6 aromatic rings. The molecule has 1 saturated heterocycles. The number of thiazole rings is 1. The molecule has 8 rings (SSSR count). The van der Waals surface area contributed by atoms with Crippen LogP contribution in [0.15, 0.2) is 78.6 Å². The van der Waals surface area contributed by atoms with Gasteiger partial charge in [-0.05, 0) is 98.4 Å². The number of hydrogen-bond donors (Lipinski definition) is 5. The maximum absolute atomic E-state index is 14.5. The van der Waals surface area contributed by atoms with E-state index in [4.69, 9.17) is 27.9 Å². The number of H-pyrrole nitrogens is 1.